The summed E-state index contributed by atoms with van der Waals surface area (Å²) in [7, 11) is 1.27. The van der Waals surface area contributed by atoms with Crippen LogP contribution in [0.5, 0.6) is 0 Å². The molecule has 0 saturated carbocycles. The number of allylic oxidation sites excluding steroid dienone is 1. The number of carbonyl (C=O) groups is 2. The Labute approximate surface area is 197 Å². The standard InChI is InChI=1S/C22H28Cl2N2O6/c1-4-32-22(28)19-16(12-31-11-10-30-9-8-25)26-13(2)17(21(27)29-3)18(19)14-6-5-7-15(23)20(14)24/h5-7,18,26H,4,8-12,25H2,1-3H3/t18-/m1/s1. The van der Waals surface area contributed by atoms with Gasteiger partial charge in [-0.15, -0.1) is 0 Å². The van der Waals surface area contributed by atoms with E-state index in [1.165, 1.54) is 7.11 Å². The van der Waals surface area contributed by atoms with Gasteiger partial charge in [-0.05, 0) is 25.5 Å². The van der Waals surface area contributed by atoms with E-state index in [1.54, 1.807) is 32.0 Å². The summed E-state index contributed by atoms with van der Waals surface area (Å²) in [6, 6.07) is 5.03. The van der Waals surface area contributed by atoms with Crippen LogP contribution in [0.1, 0.15) is 25.3 Å². The molecule has 10 heteroatoms. The van der Waals surface area contributed by atoms with E-state index in [2.05, 4.69) is 5.32 Å². The van der Waals surface area contributed by atoms with E-state index in [-0.39, 0.29) is 36.0 Å². The molecular weight excluding hydrogens is 459 g/mol. The van der Waals surface area contributed by atoms with Gasteiger partial charge in [-0.25, -0.2) is 9.59 Å². The molecule has 1 heterocycles. The van der Waals surface area contributed by atoms with Crippen molar-refractivity contribution in [3.8, 4) is 0 Å². The van der Waals surface area contributed by atoms with Gasteiger partial charge in [0.1, 0.15) is 0 Å². The third-order valence-corrected chi connectivity index (χ3v) is 5.55. The van der Waals surface area contributed by atoms with Gasteiger partial charge in [0.05, 0.1) is 73.0 Å². The van der Waals surface area contributed by atoms with Crippen molar-refractivity contribution < 1.29 is 28.5 Å². The second-order valence-electron chi connectivity index (χ2n) is 6.80. The van der Waals surface area contributed by atoms with Crippen molar-refractivity contribution in [2.45, 2.75) is 19.8 Å². The molecule has 0 spiro atoms. The molecule has 32 heavy (non-hydrogen) atoms. The maximum absolute atomic E-state index is 13.1. The summed E-state index contributed by atoms with van der Waals surface area (Å²) < 4.78 is 21.3. The first-order chi connectivity index (χ1) is 15.4. The predicted molar refractivity (Wildman–Crippen MR) is 121 cm³/mol. The van der Waals surface area contributed by atoms with Crippen LogP contribution in [0.4, 0.5) is 0 Å². The van der Waals surface area contributed by atoms with Gasteiger partial charge in [-0.3, -0.25) is 0 Å². The van der Waals surface area contributed by atoms with Crippen molar-refractivity contribution >= 4 is 35.1 Å². The van der Waals surface area contributed by atoms with Gasteiger partial charge in [0.25, 0.3) is 0 Å². The van der Waals surface area contributed by atoms with Crippen LogP contribution in [0.2, 0.25) is 10.0 Å². The van der Waals surface area contributed by atoms with Crippen LogP contribution in [0.15, 0.2) is 40.7 Å². The van der Waals surface area contributed by atoms with E-state index < -0.39 is 17.9 Å². The second-order valence-corrected chi connectivity index (χ2v) is 7.58. The van der Waals surface area contributed by atoms with Gasteiger partial charge in [-0.2, -0.15) is 0 Å². The van der Waals surface area contributed by atoms with Gasteiger partial charge in [-0.1, -0.05) is 35.3 Å². The third-order valence-electron chi connectivity index (χ3n) is 4.72. The summed E-state index contributed by atoms with van der Waals surface area (Å²) in [4.78, 5) is 25.8. The Morgan fingerprint density at radius 3 is 2.47 bits per heavy atom. The van der Waals surface area contributed by atoms with E-state index in [9.17, 15) is 9.59 Å². The molecule has 0 aromatic heterocycles. The molecule has 3 N–H and O–H groups in total. The summed E-state index contributed by atoms with van der Waals surface area (Å²) in [5.41, 5.74) is 7.27. The molecule has 8 nitrogen and oxygen atoms in total. The zero-order valence-electron chi connectivity index (χ0n) is 18.3. The Balaban J connectivity index is 2.53. The van der Waals surface area contributed by atoms with Crippen LogP contribution in [0, 0.1) is 0 Å². The molecule has 0 bridgehead atoms. The highest BCUT2D eigenvalue weighted by molar-refractivity contribution is 6.42. The molecule has 0 saturated heterocycles. The van der Waals surface area contributed by atoms with E-state index in [1.807, 2.05) is 0 Å². The van der Waals surface area contributed by atoms with E-state index in [4.69, 9.17) is 47.9 Å². The highest BCUT2D eigenvalue weighted by atomic mass is 35.5. The Morgan fingerprint density at radius 2 is 1.81 bits per heavy atom. The molecule has 0 unspecified atom stereocenters. The highest BCUT2D eigenvalue weighted by Gasteiger charge is 2.40. The zero-order valence-corrected chi connectivity index (χ0v) is 19.8. The Bertz CT molecular complexity index is 900. The Morgan fingerprint density at radius 1 is 1.09 bits per heavy atom. The predicted octanol–water partition coefficient (Wildman–Crippen LogP) is 2.94. The number of halogens is 2. The number of nitrogens with two attached hydrogens (primary N) is 1. The first-order valence-corrected chi connectivity index (χ1v) is 10.9. The molecule has 1 aliphatic heterocycles. The molecule has 2 rings (SSSR count). The summed E-state index contributed by atoms with van der Waals surface area (Å²) in [5.74, 6) is -2.07. The molecule has 0 aliphatic carbocycles. The number of hydrogen-bond acceptors (Lipinski definition) is 8. The summed E-state index contributed by atoms with van der Waals surface area (Å²) in [6.45, 7) is 5.10. The summed E-state index contributed by atoms with van der Waals surface area (Å²) in [5, 5.41) is 3.63. The normalized spacial score (nSPS) is 16.1. The van der Waals surface area contributed by atoms with Crippen LogP contribution in [-0.2, 0) is 28.5 Å². The lowest BCUT2D eigenvalue weighted by atomic mass is 9.80. The minimum absolute atomic E-state index is 0.0562. The van der Waals surface area contributed by atoms with Crippen LogP contribution >= 0.6 is 23.2 Å². The van der Waals surface area contributed by atoms with Crippen molar-refractivity contribution in [2.24, 2.45) is 5.73 Å². The molecule has 0 fully saturated rings. The molecule has 176 valence electrons. The second kappa shape index (κ2) is 12.8. The average Bonchev–Trinajstić information content (AvgIpc) is 2.77. The Hall–Kier alpha value is -2.10. The van der Waals surface area contributed by atoms with Crippen LogP contribution in [0.25, 0.3) is 0 Å². The smallest absolute Gasteiger partial charge is 0.336 e. The monoisotopic (exact) mass is 486 g/mol. The summed E-state index contributed by atoms with van der Waals surface area (Å²) in [6.07, 6.45) is 0. The van der Waals surface area contributed by atoms with Crippen molar-refractivity contribution in [2.75, 3.05) is 46.7 Å². The minimum atomic E-state index is -0.860. The van der Waals surface area contributed by atoms with Crippen LogP contribution in [-0.4, -0.2) is 58.6 Å². The Kier molecular flexibility index (Phi) is 10.5. The van der Waals surface area contributed by atoms with E-state index in [0.717, 1.165) is 0 Å². The number of benzene rings is 1. The van der Waals surface area contributed by atoms with E-state index >= 15 is 0 Å². The molecule has 1 aromatic carbocycles. The minimum Gasteiger partial charge on any atom is -0.466 e. The fourth-order valence-corrected chi connectivity index (χ4v) is 3.79. The molecule has 1 atom stereocenters. The third kappa shape index (κ3) is 6.24. The van der Waals surface area contributed by atoms with E-state index in [0.29, 0.717) is 41.7 Å². The van der Waals surface area contributed by atoms with Gasteiger partial charge >= 0.3 is 11.9 Å². The lowest BCUT2D eigenvalue weighted by Crippen LogP contribution is -2.35. The number of nitrogens with one attached hydrogen (secondary N) is 1. The molecule has 1 aromatic rings. The summed E-state index contributed by atoms with van der Waals surface area (Å²) >= 11 is 12.7. The maximum Gasteiger partial charge on any atom is 0.336 e. The number of carbonyl (C=O) groups excluding carboxylic acids is 2. The van der Waals surface area contributed by atoms with Crippen molar-refractivity contribution in [3.63, 3.8) is 0 Å². The number of ether oxygens (including phenoxy) is 4. The topological polar surface area (TPSA) is 109 Å². The number of esters is 2. The van der Waals surface area contributed by atoms with Gasteiger partial charge < -0.3 is 30.0 Å². The van der Waals surface area contributed by atoms with Gasteiger partial charge in [0, 0.05) is 12.2 Å². The van der Waals surface area contributed by atoms with Crippen LogP contribution < -0.4 is 11.1 Å². The molecule has 1 aliphatic rings. The fourth-order valence-electron chi connectivity index (χ4n) is 3.37. The lowest BCUT2D eigenvalue weighted by Gasteiger charge is -2.31. The molecular formula is C22H28Cl2N2O6. The van der Waals surface area contributed by atoms with Gasteiger partial charge in [0.15, 0.2) is 0 Å². The average molecular weight is 487 g/mol. The number of rotatable bonds is 11. The number of methoxy groups -OCH3 is 1. The van der Waals surface area contributed by atoms with Crippen LogP contribution in [0.3, 0.4) is 0 Å². The zero-order chi connectivity index (χ0) is 23.7. The first kappa shape index (κ1) is 26.2. The largest absolute Gasteiger partial charge is 0.466 e. The molecule has 0 radical (unpaired) electrons. The van der Waals surface area contributed by atoms with Crippen molar-refractivity contribution in [3.05, 3.63) is 56.3 Å². The van der Waals surface area contributed by atoms with Crippen molar-refractivity contribution in [1.29, 1.82) is 0 Å². The maximum atomic E-state index is 13.1. The number of dihydropyridines is 1. The SMILES string of the molecule is CCOC(=O)C1=C(COCCOCCN)NC(C)=C(C(=O)OC)[C@H]1c1cccc(Cl)c1Cl. The fraction of sp³-hybridized carbons (Fsp3) is 0.455. The highest BCUT2D eigenvalue weighted by Crippen LogP contribution is 2.43. The van der Waals surface area contributed by atoms with Crippen molar-refractivity contribution in [1.82, 2.24) is 5.32 Å². The molecule has 0 amide bonds. The lowest BCUT2D eigenvalue weighted by molar-refractivity contribution is -0.139. The first-order valence-electron chi connectivity index (χ1n) is 10.1. The quantitative estimate of drug-likeness (QED) is 0.362. The number of hydrogen-bond donors (Lipinski definition) is 2. The van der Waals surface area contributed by atoms with Gasteiger partial charge in [0.2, 0.25) is 0 Å².